The highest BCUT2D eigenvalue weighted by Crippen LogP contribution is 2.00. The van der Waals surface area contributed by atoms with Crippen LogP contribution >= 0.6 is 0 Å². The van der Waals surface area contributed by atoms with Gasteiger partial charge in [-0.05, 0) is 12.8 Å². The third kappa shape index (κ3) is 3.91. The van der Waals surface area contributed by atoms with Gasteiger partial charge in [-0.2, -0.15) is 5.26 Å². The summed E-state index contributed by atoms with van der Waals surface area (Å²) in [7, 11) is 1.89. The van der Waals surface area contributed by atoms with Crippen LogP contribution in [0.1, 0.15) is 25.1 Å². The van der Waals surface area contributed by atoms with Gasteiger partial charge in [0, 0.05) is 6.42 Å². The summed E-state index contributed by atoms with van der Waals surface area (Å²) in [6.45, 7) is 0.837. The zero-order chi connectivity index (χ0) is 11.1. The fourth-order valence-electron chi connectivity index (χ4n) is 1.43. The van der Waals surface area contributed by atoms with Gasteiger partial charge in [-0.1, -0.05) is 5.16 Å². The van der Waals surface area contributed by atoms with Crippen molar-refractivity contribution in [3.8, 4) is 6.07 Å². The Morgan fingerprint density at radius 2 is 2.38 bits per heavy atom. The van der Waals surface area contributed by atoms with Crippen LogP contribution in [0.4, 0.5) is 0 Å². The molecule has 0 aliphatic rings. The van der Waals surface area contributed by atoms with E-state index in [4.69, 9.17) is 10.5 Å². The van der Waals surface area contributed by atoms with Crippen LogP contribution in [0.5, 0.6) is 0 Å². The van der Waals surface area contributed by atoms with Crippen LogP contribution in [0.25, 0.3) is 0 Å². The number of imidazole rings is 1. The molecule has 1 aromatic heterocycles. The van der Waals surface area contributed by atoms with Crippen LogP contribution in [0.15, 0.2) is 17.5 Å². The van der Waals surface area contributed by atoms with Gasteiger partial charge in [0.1, 0.15) is 12.4 Å². The lowest BCUT2D eigenvalue weighted by Crippen LogP contribution is -3.00. The van der Waals surface area contributed by atoms with E-state index in [2.05, 4.69) is 11.2 Å². The van der Waals surface area contributed by atoms with Crippen molar-refractivity contribution in [3.63, 3.8) is 0 Å². The Bertz CT molecular complexity index is 381. The second-order valence-corrected chi connectivity index (χ2v) is 3.32. The van der Waals surface area contributed by atoms with Gasteiger partial charge in [-0.15, -0.1) is 0 Å². The van der Waals surface area contributed by atoms with Crippen LogP contribution in [0, 0.1) is 11.3 Å². The largest absolute Gasteiger partial charge is 1.00 e. The molecule has 1 aromatic rings. The van der Waals surface area contributed by atoms with Crippen LogP contribution in [0.3, 0.4) is 0 Å². The molecule has 0 atom stereocenters. The molecule has 1 N–H and O–H groups in total. The minimum absolute atomic E-state index is 0. The minimum atomic E-state index is 0. The Morgan fingerprint density at radius 1 is 1.62 bits per heavy atom. The summed E-state index contributed by atoms with van der Waals surface area (Å²) in [4.78, 5) is 0. The van der Waals surface area contributed by atoms with Crippen molar-refractivity contribution in [2.24, 2.45) is 12.2 Å². The molecule has 1 rings (SSSR count). The van der Waals surface area contributed by atoms with E-state index < -0.39 is 0 Å². The zero-order valence-electron chi connectivity index (χ0n) is 9.17. The number of rotatable bonds is 5. The molecule has 0 amide bonds. The van der Waals surface area contributed by atoms with E-state index in [1.807, 2.05) is 28.6 Å². The molecule has 88 valence electrons. The highest BCUT2D eigenvalue weighted by molar-refractivity contribution is 5.72. The Kier molecular flexibility index (Phi) is 6.97. The van der Waals surface area contributed by atoms with Gasteiger partial charge < -0.3 is 17.6 Å². The maximum atomic E-state index is 8.50. The number of aryl methyl sites for hydroxylation is 2. The Hall–Kier alpha value is -1.54. The van der Waals surface area contributed by atoms with Crippen molar-refractivity contribution in [1.82, 2.24) is 4.57 Å². The van der Waals surface area contributed by atoms with Gasteiger partial charge in [-0.3, -0.25) is 0 Å². The summed E-state index contributed by atoms with van der Waals surface area (Å²) in [6.07, 6.45) is 7.69. The molecule has 0 fully saturated rings. The van der Waals surface area contributed by atoms with Gasteiger partial charge in [0.2, 0.25) is 0 Å². The van der Waals surface area contributed by atoms with Crippen LogP contribution in [-0.2, 0) is 13.6 Å². The van der Waals surface area contributed by atoms with Gasteiger partial charge in [-0.25, -0.2) is 9.13 Å². The van der Waals surface area contributed by atoms with E-state index in [0.29, 0.717) is 6.42 Å². The smallest absolute Gasteiger partial charge is 0.303 e. The van der Waals surface area contributed by atoms with E-state index in [1.165, 1.54) is 6.21 Å². The first kappa shape index (κ1) is 14.5. The molecule has 0 aliphatic heterocycles. The Labute approximate surface area is 101 Å². The number of unbranched alkanes of at least 4 members (excludes halogenated alkanes) is 2. The average Bonchev–Trinajstić information content (AvgIpc) is 2.57. The molecule has 6 heteroatoms. The van der Waals surface area contributed by atoms with Crippen molar-refractivity contribution in [2.75, 3.05) is 0 Å². The van der Waals surface area contributed by atoms with Crippen LogP contribution < -0.4 is 17.0 Å². The fourth-order valence-corrected chi connectivity index (χ4v) is 1.43. The molecule has 16 heavy (non-hydrogen) atoms. The van der Waals surface area contributed by atoms with Crippen molar-refractivity contribution in [3.05, 3.63) is 18.2 Å². The van der Waals surface area contributed by atoms with Gasteiger partial charge in [0.05, 0.1) is 19.7 Å². The van der Waals surface area contributed by atoms with Gasteiger partial charge >= 0.3 is 5.82 Å². The maximum Gasteiger partial charge on any atom is 0.303 e. The third-order valence-corrected chi connectivity index (χ3v) is 2.24. The molecule has 0 aromatic carbocycles. The molecule has 0 saturated carbocycles. The zero-order valence-corrected chi connectivity index (χ0v) is 9.93. The van der Waals surface area contributed by atoms with E-state index in [-0.39, 0.29) is 12.4 Å². The number of hydrogen-bond acceptors (Lipinski definition) is 3. The lowest BCUT2D eigenvalue weighted by Gasteiger charge is -1.97. The number of nitrogens with zero attached hydrogens (tertiary/aromatic N) is 4. The molecular formula is C10H15ClN4O. The molecular weight excluding hydrogens is 228 g/mol. The SMILES string of the molecule is C[n+]1ccn(CCCCC#N)c1/C=N/O.[Cl-]. The molecule has 0 bridgehead atoms. The highest BCUT2D eigenvalue weighted by Gasteiger charge is 2.11. The first-order chi connectivity index (χ1) is 7.29. The predicted molar refractivity (Wildman–Crippen MR) is 54.5 cm³/mol. The summed E-state index contributed by atoms with van der Waals surface area (Å²) in [5.41, 5.74) is 0. The average molecular weight is 243 g/mol. The lowest BCUT2D eigenvalue weighted by molar-refractivity contribution is -0.671. The normalized spacial score (nSPS) is 10.0. The maximum absolute atomic E-state index is 8.50. The quantitative estimate of drug-likeness (QED) is 0.210. The molecule has 0 aliphatic carbocycles. The van der Waals surface area contributed by atoms with Crippen molar-refractivity contribution in [2.45, 2.75) is 25.8 Å². The summed E-state index contributed by atoms with van der Waals surface area (Å²) in [5.74, 6) is 0.842. The molecule has 0 spiro atoms. The number of nitriles is 1. The monoisotopic (exact) mass is 242 g/mol. The molecule has 0 saturated heterocycles. The lowest BCUT2D eigenvalue weighted by atomic mass is 10.2. The molecule has 5 nitrogen and oxygen atoms in total. The second kappa shape index (κ2) is 7.71. The summed E-state index contributed by atoms with van der Waals surface area (Å²) in [5, 5.41) is 19.9. The third-order valence-electron chi connectivity index (χ3n) is 2.24. The van der Waals surface area contributed by atoms with Gasteiger partial charge in [0.25, 0.3) is 0 Å². The summed E-state index contributed by atoms with van der Waals surface area (Å²) < 4.78 is 3.88. The Balaban J connectivity index is 0.00000225. The minimum Gasteiger partial charge on any atom is -1.00 e. The van der Waals surface area contributed by atoms with Crippen molar-refractivity contribution >= 4 is 6.21 Å². The second-order valence-electron chi connectivity index (χ2n) is 3.32. The van der Waals surface area contributed by atoms with E-state index in [9.17, 15) is 0 Å². The first-order valence-electron chi connectivity index (χ1n) is 4.88. The van der Waals surface area contributed by atoms with Crippen molar-refractivity contribution in [1.29, 1.82) is 5.26 Å². The number of hydrogen-bond donors (Lipinski definition) is 1. The number of oxime groups is 1. The standard InChI is InChI=1S/C10H14N4O.ClH/c1-13-7-8-14(10(13)9-12-15)6-4-2-3-5-11;/h7-9H,2-4,6H2,1H3;1H. The molecule has 1 heterocycles. The molecule has 0 radical (unpaired) electrons. The number of aromatic nitrogens is 2. The van der Waals surface area contributed by atoms with Crippen molar-refractivity contribution < 1.29 is 22.2 Å². The summed E-state index contributed by atoms with van der Waals surface area (Å²) in [6, 6.07) is 2.12. The first-order valence-corrected chi connectivity index (χ1v) is 4.88. The Morgan fingerprint density at radius 3 is 3.00 bits per heavy atom. The van der Waals surface area contributed by atoms with Gasteiger partial charge in [0.15, 0.2) is 6.21 Å². The fraction of sp³-hybridized carbons (Fsp3) is 0.500. The van der Waals surface area contributed by atoms with E-state index >= 15 is 0 Å². The predicted octanol–water partition coefficient (Wildman–Crippen LogP) is -2.18. The summed E-state index contributed by atoms with van der Waals surface area (Å²) >= 11 is 0. The van der Waals surface area contributed by atoms with Crippen LogP contribution in [0.2, 0.25) is 0 Å². The molecule has 0 unspecified atom stereocenters. The highest BCUT2D eigenvalue weighted by atomic mass is 35.5. The van der Waals surface area contributed by atoms with Crippen LogP contribution in [-0.4, -0.2) is 16.0 Å². The number of halogens is 1. The topological polar surface area (TPSA) is 65.2 Å². The van der Waals surface area contributed by atoms with E-state index in [1.54, 1.807) is 0 Å². The van der Waals surface area contributed by atoms with E-state index in [0.717, 1.165) is 25.2 Å².